The summed E-state index contributed by atoms with van der Waals surface area (Å²) < 4.78 is 5.09. The van der Waals surface area contributed by atoms with Gasteiger partial charge in [0.25, 0.3) is 5.91 Å². The molecule has 1 aliphatic heterocycles. The second-order valence-corrected chi connectivity index (χ2v) is 4.94. The Morgan fingerprint density at radius 2 is 1.95 bits per heavy atom. The number of benzene rings is 1. The van der Waals surface area contributed by atoms with E-state index in [9.17, 15) is 4.79 Å². The van der Waals surface area contributed by atoms with Crippen LogP contribution in [-0.2, 0) is 6.42 Å². The average Bonchev–Trinajstić information content (AvgIpc) is 3.18. The highest BCUT2D eigenvalue weighted by atomic mass is 16.5. The van der Waals surface area contributed by atoms with Crippen LogP contribution in [0.2, 0.25) is 0 Å². The molecule has 1 saturated heterocycles. The minimum atomic E-state index is 0.108. The molecule has 0 spiro atoms. The number of hydrogen-bond donors (Lipinski definition) is 0. The quantitative estimate of drug-likeness (QED) is 0.860. The first kappa shape index (κ1) is 12.8. The van der Waals surface area contributed by atoms with Crippen LogP contribution in [-0.4, -0.2) is 34.0 Å². The zero-order valence-electron chi connectivity index (χ0n) is 11.5. The Morgan fingerprint density at radius 3 is 2.55 bits per heavy atom. The van der Waals surface area contributed by atoms with E-state index >= 15 is 0 Å². The first-order chi connectivity index (χ1) is 9.78. The summed E-state index contributed by atoms with van der Waals surface area (Å²) in [5, 5.41) is 3.93. The van der Waals surface area contributed by atoms with Crippen LogP contribution in [0.25, 0.3) is 11.4 Å². The van der Waals surface area contributed by atoms with Crippen molar-refractivity contribution in [3.05, 3.63) is 35.7 Å². The lowest BCUT2D eigenvalue weighted by molar-refractivity contribution is 0.0793. The Kier molecular flexibility index (Phi) is 3.50. The maximum atomic E-state index is 12.2. The fourth-order valence-electron chi connectivity index (χ4n) is 2.38. The van der Waals surface area contributed by atoms with Gasteiger partial charge in [-0.25, -0.2) is 0 Å². The molecule has 104 valence electrons. The summed E-state index contributed by atoms with van der Waals surface area (Å²) in [7, 11) is 0. The smallest absolute Gasteiger partial charge is 0.253 e. The van der Waals surface area contributed by atoms with E-state index in [-0.39, 0.29) is 5.91 Å². The Labute approximate surface area is 117 Å². The van der Waals surface area contributed by atoms with Gasteiger partial charge >= 0.3 is 0 Å². The van der Waals surface area contributed by atoms with Crippen LogP contribution in [0.1, 0.15) is 36.0 Å². The number of carbonyl (C=O) groups is 1. The van der Waals surface area contributed by atoms with Gasteiger partial charge in [-0.3, -0.25) is 4.79 Å². The molecule has 0 atom stereocenters. The number of likely N-dealkylation sites (tertiary alicyclic amines) is 1. The van der Waals surface area contributed by atoms with Crippen molar-refractivity contribution in [2.45, 2.75) is 26.2 Å². The average molecular weight is 271 g/mol. The summed E-state index contributed by atoms with van der Waals surface area (Å²) in [6, 6.07) is 7.40. The van der Waals surface area contributed by atoms with Crippen LogP contribution >= 0.6 is 0 Å². The van der Waals surface area contributed by atoms with Crippen molar-refractivity contribution in [2.75, 3.05) is 13.1 Å². The predicted molar refractivity (Wildman–Crippen MR) is 74.2 cm³/mol. The Morgan fingerprint density at radius 1 is 1.25 bits per heavy atom. The third-order valence-corrected chi connectivity index (χ3v) is 3.55. The van der Waals surface area contributed by atoms with E-state index in [1.54, 1.807) is 0 Å². The third-order valence-electron chi connectivity index (χ3n) is 3.55. The second-order valence-electron chi connectivity index (χ2n) is 4.94. The molecule has 1 amide bonds. The molecule has 0 saturated carbocycles. The molecular weight excluding hydrogens is 254 g/mol. The summed E-state index contributed by atoms with van der Waals surface area (Å²) >= 11 is 0. The van der Waals surface area contributed by atoms with Gasteiger partial charge in [0.15, 0.2) is 0 Å². The highest BCUT2D eigenvalue weighted by Gasteiger charge is 2.19. The van der Waals surface area contributed by atoms with Crippen molar-refractivity contribution in [1.82, 2.24) is 15.0 Å². The lowest BCUT2D eigenvalue weighted by Crippen LogP contribution is -2.27. The molecule has 5 heteroatoms. The fraction of sp³-hybridized carbons (Fsp3) is 0.400. The van der Waals surface area contributed by atoms with Gasteiger partial charge in [0.2, 0.25) is 11.7 Å². The first-order valence-electron chi connectivity index (χ1n) is 7.00. The highest BCUT2D eigenvalue weighted by Crippen LogP contribution is 2.19. The van der Waals surface area contributed by atoms with Gasteiger partial charge in [0.05, 0.1) is 0 Å². The van der Waals surface area contributed by atoms with E-state index in [4.69, 9.17) is 4.52 Å². The lowest BCUT2D eigenvalue weighted by Gasteiger charge is -2.15. The molecule has 3 rings (SSSR count). The first-order valence-corrected chi connectivity index (χ1v) is 7.00. The Bertz CT molecular complexity index is 598. The summed E-state index contributed by atoms with van der Waals surface area (Å²) in [6.45, 7) is 3.70. The number of amides is 1. The van der Waals surface area contributed by atoms with Crippen molar-refractivity contribution in [2.24, 2.45) is 0 Å². The highest BCUT2D eigenvalue weighted by molar-refractivity contribution is 5.94. The summed E-state index contributed by atoms with van der Waals surface area (Å²) in [4.78, 5) is 18.4. The third kappa shape index (κ3) is 2.43. The molecule has 1 aliphatic rings. The van der Waals surface area contributed by atoms with Crippen LogP contribution in [0.3, 0.4) is 0 Å². The molecule has 0 aliphatic carbocycles. The Hall–Kier alpha value is -2.17. The van der Waals surface area contributed by atoms with E-state index in [2.05, 4.69) is 10.1 Å². The normalized spacial score (nSPS) is 14.8. The van der Waals surface area contributed by atoms with Gasteiger partial charge in [-0.15, -0.1) is 0 Å². The minimum absolute atomic E-state index is 0.108. The molecule has 0 radical (unpaired) electrons. The van der Waals surface area contributed by atoms with E-state index in [0.29, 0.717) is 11.7 Å². The number of aryl methyl sites for hydroxylation is 1. The number of rotatable bonds is 3. The molecule has 2 aromatic rings. The van der Waals surface area contributed by atoms with Gasteiger partial charge in [0.1, 0.15) is 0 Å². The number of carbonyl (C=O) groups excluding carboxylic acids is 1. The topological polar surface area (TPSA) is 59.2 Å². The van der Waals surface area contributed by atoms with E-state index in [1.165, 1.54) is 0 Å². The molecule has 1 fully saturated rings. The second kappa shape index (κ2) is 5.45. The van der Waals surface area contributed by atoms with Gasteiger partial charge in [-0.05, 0) is 25.0 Å². The maximum absolute atomic E-state index is 12.2. The molecule has 0 bridgehead atoms. The van der Waals surface area contributed by atoms with Gasteiger partial charge in [0, 0.05) is 30.6 Å². The van der Waals surface area contributed by atoms with E-state index in [1.807, 2.05) is 36.1 Å². The number of hydrogen-bond acceptors (Lipinski definition) is 4. The monoisotopic (exact) mass is 271 g/mol. The minimum Gasteiger partial charge on any atom is -0.339 e. The van der Waals surface area contributed by atoms with Crippen LogP contribution in [0.5, 0.6) is 0 Å². The van der Waals surface area contributed by atoms with Gasteiger partial charge in [-0.1, -0.05) is 24.2 Å². The van der Waals surface area contributed by atoms with E-state index in [0.717, 1.165) is 43.5 Å². The van der Waals surface area contributed by atoms with Crippen molar-refractivity contribution in [3.63, 3.8) is 0 Å². The van der Waals surface area contributed by atoms with Crippen LogP contribution in [0, 0.1) is 0 Å². The largest absolute Gasteiger partial charge is 0.339 e. The summed E-state index contributed by atoms with van der Waals surface area (Å²) in [5.41, 5.74) is 1.58. The lowest BCUT2D eigenvalue weighted by atomic mass is 10.1. The fourth-order valence-corrected chi connectivity index (χ4v) is 2.38. The molecule has 2 heterocycles. The zero-order chi connectivity index (χ0) is 13.9. The van der Waals surface area contributed by atoms with Crippen molar-refractivity contribution >= 4 is 5.91 Å². The summed E-state index contributed by atoms with van der Waals surface area (Å²) in [5.74, 6) is 1.30. The van der Waals surface area contributed by atoms with Gasteiger partial charge in [-0.2, -0.15) is 4.98 Å². The maximum Gasteiger partial charge on any atom is 0.253 e. The molecule has 0 unspecified atom stereocenters. The van der Waals surface area contributed by atoms with Crippen LogP contribution in [0.15, 0.2) is 28.8 Å². The van der Waals surface area contributed by atoms with Crippen molar-refractivity contribution in [3.8, 4) is 11.4 Å². The predicted octanol–water partition coefficient (Wildman–Crippen LogP) is 2.54. The molecule has 1 aromatic heterocycles. The van der Waals surface area contributed by atoms with Crippen LogP contribution in [0.4, 0.5) is 0 Å². The molecule has 1 aromatic carbocycles. The molecule has 20 heavy (non-hydrogen) atoms. The number of aromatic nitrogens is 2. The van der Waals surface area contributed by atoms with Gasteiger partial charge < -0.3 is 9.42 Å². The van der Waals surface area contributed by atoms with Crippen molar-refractivity contribution < 1.29 is 9.32 Å². The zero-order valence-corrected chi connectivity index (χ0v) is 11.5. The van der Waals surface area contributed by atoms with Crippen molar-refractivity contribution in [1.29, 1.82) is 0 Å². The van der Waals surface area contributed by atoms with E-state index < -0.39 is 0 Å². The molecule has 5 nitrogen and oxygen atoms in total. The summed E-state index contributed by atoms with van der Waals surface area (Å²) in [6.07, 6.45) is 2.93. The van der Waals surface area contributed by atoms with Crippen LogP contribution < -0.4 is 0 Å². The number of nitrogens with zero attached hydrogens (tertiary/aromatic N) is 3. The SMILES string of the molecule is CCc1nc(-c2ccc(C(=O)N3CCCC3)cc2)no1. The molecular formula is C15H17N3O2. The Balaban J connectivity index is 1.78. The molecule has 0 N–H and O–H groups in total. The standard InChI is InChI=1S/C15H17N3O2/c1-2-13-16-14(17-20-13)11-5-7-12(8-6-11)15(19)18-9-3-4-10-18/h5-8H,2-4,9-10H2,1H3.